The zero-order chi connectivity index (χ0) is 10.8. The second kappa shape index (κ2) is 8.97. The Morgan fingerprint density at radius 1 is 1.43 bits per heavy atom. The molecule has 0 aliphatic carbocycles. The van der Waals surface area contributed by atoms with E-state index < -0.39 is 0 Å². The fourth-order valence-corrected chi connectivity index (χ4v) is 1.18. The molecule has 0 heterocycles. The van der Waals surface area contributed by atoms with Crippen molar-refractivity contribution in [3.63, 3.8) is 0 Å². The van der Waals surface area contributed by atoms with Gasteiger partial charge in [0.15, 0.2) is 0 Å². The number of hydrogen-bond acceptors (Lipinski definition) is 3. The molecule has 0 aromatic heterocycles. The van der Waals surface area contributed by atoms with E-state index in [-0.39, 0.29) is 18.4 Å². The van der Waals surface area contributed by atoms with Crippen LogP contribution >= 0.6 is 0 Å². The zero-order valence-corrected chi connectivity index (χ0v) is 8.96. The minimum Gasteiger partial charge on any atom is -0.396 e. The van der Waals surface area contributed by atoms with Crippen LogP contribution in [-0.4, -0.2) is 30.7 Å². The molecule has 14 heavy (non-hydrogen) atoms. The molecule has 0 aliphatic rings. The maximum absolute atomic E-state index is 11.3. The van der Waals surface area contributed by atoms with Crippen molar-refractivity contribution in [1.29, 1.82) is 0 Å². The normalized spacial score (nSPS) is 12.5. The molecule has 4 nitrogen and oxygen atoms in total. The van der Waals surface area contributed by atoms with Crippen molar-refractivity contribution in [1.82, 2.24) is 5.32 Å². The molecule has 4 N–H and O–H groups in total. The number of unbranched alkanes of at least 4 members (excludes halogenated alkanes) is 2. The second-order valence-electron chi connectivity index (χ2n) is 3.55. The molecular weight excluding hydrogens is 180 g/mol. The highest BCUT2D eigenvalue weighted by Crippen LogP contribution is 2.00. The van der Waals surface area contributed by atoms with E-state index in [2.05, 4.69) is 5.32 Å². The van der Waals surface area contributed by atoms with Gasteiger partial charge >= 0.3 is 0 Å². The van der Waals surface area contributed by atoms with E-state index in [0.717, 1.165) is 25.7 Å². The van der Waals surface area contributed by atoms with Gasteiger partial charge < -0.3 is 16.2 Å². The minimum absolute atomic E-state index is 0.0119. The van der Waals surface area contributed by atoms with Crippen molar-refractivity contribution < 1.29 is 9.90 Å². The van der Waals surface area contributed by atoms with Crippen molar-refractivity contribution in [2.24, 2.45) is 11.7 Å². The average Bonchev–Trinajstić information content (AvgIpc) is 2.17. The second-order valence-corrected chi connectivity index (χ2v) is 3.55. The van der Waals surface area contributed by atoms with Crippen LogP contribution in [0, 0.1) is 5.92 Å². The predicted molar refractivity (Wildman–Crippen MR) is 56.8 cm³/mol. The molecule has 0 aromatic carbocycles. The van der Waals surface area contributed by atoms with Gasteiger partial charge in [-0.05, 0) is 32.2 Å². The lowest BCUT2D eigenvalue weighted by Gasteiger charge is -2.10. The monoisotopic (exact) mass is 202 g/mol. The van der Waals surface area contributed by atoms with Gasteiger partial charge in [0.05, 0.1) is 0 Å². The predicted octanol–water partition coefficient (Wildman–Crippen LogP) is 0.250. The third kappa shape index (κ3) is 6.86. The minimum atomic E-state index is 0.0119. The van der Waals surface area contributed by atoms with E-state index in [1.54, 1.807) is 0 Å². The van der Waals surface area contributed by atoms with E-state index in [4.69, 9.17) is 10.8 Å². The molecule has 0 rings (SSSR count). The van der Waals surface area contributed by atoms with Gasteiger partial charge in [0, 0.05) is 19.1 Å². The first-order chi connectivity index (χ1) is 6.72. The number of carbonyl (C=O) groups excluding carboxylic acids is 1. The summed E-state index contributed by atoms with van der Waals surface area (Å²) in [6.07, 6.45) is 3.44. The maximum atomic E-state index is 11.3. The molecule has 1 unspecified atom stereocenters. The molecule has 1 atom stereocenters. The number of rotatable bonds is 8. The Labute approximate surface area is 85.9 Å². The van der Waals surface area contributed by atoms with Crippen LogP contribution in [0.1, 0.15) is 32.6 Å². The fourth-order valence-electron chi connectivity index (χ4n) is 1.18. The first-order valence-corrected chi connectivity index (χ1v) is 5.31. The summed E-state index contributed by atoms with van der Waals surface area (Å²) in [4.78, 5) is 11.3. The number of hydrogen-bond donors (Lipinski definition) is 3. The van der Waals surface area contributed by atoms with Gasteiger partial charge in [-0.1, -0.05) is 6.92 Å². The first-order valence-electron chi connectivity index (χ1n) is 5.31. The van der Waals surface area contributed by atoms with Gasteiger partial charge in [0.2, 0.25) is 5.91 Å². The Morgan fingerprint density at radius 2 is 2.14 bits per heavy atom. The van der Waals surface area contributed by atoms with Gasteiger partial charge in [0.25, 0.3) is 0 Å². The van der Waals surface area contributed by atoms with Crippen LogP contribution in [-0.2, 0) is 4.79 Å². The number of aliphatic hydroxyl groups is 1. The fraction of sp³-hybridized carbons (Fsp3) is 0.900. The SMILES string of the molecule is CC(CCN)C(=O)NCCCCCO. The van der Waals surface area contributed by atoms with Crippen LogP contribution in [0.2, 0.25) is 0 Å². The molecule has 0 fully saturated rings. The third-order valence-corrected chi connectivity index (χ3v) is 2.18. The van der Waals surface area contributed by atoms with Crippen LogP contribution in [0.25, 0.3) is 0 Å². The van der Waals surface area contributed by atoms with Crippen LogP contribution in [0.15, 0.2) is 0 Å². The summed E-state index contributed by atoms with van der Waals surface area (Å²) in [5.74, 6) is 0.0947. The van der Waals surface area contributed by atoms with Gasteiger partial charge in [-0.25, -0.2) is 0 Å². The summed E-state index contributed by atoms with van der Waals surface area (Å²) in [5.41, 5.74) is 5.35. The standard InChI is InChI=1S/C10H22N2O2/c1-9(5-6-11)10(14)12-7-3-2-4-8-13/h9,13H,2-8,11H2,1H3,(H,12,14). The van der Waals surface area contributed by atoms with Gasteiger partial charge in [-0.3, -0.25) is 4.79 Å². The molecule has 4 heteroatoms. The average molecular weight is 202 g/mol. The summed E-state index contributed by atoms with van der Waals surface area (Å²) in [6.45, 7) is 3.38. The van der Waals surface area contributed by atoms with E-state index in [1.807, 2.05) is 6.92 Å². The van der Waals surface area contributed by atoms with Crippen LogP contribution in [0.3, 0.4) is 0 Å². The van der Waals surface area contributed by atoms with Crippen molar-refractivity contribution in [2.45, 2.75) is 32.6 Å². The van der Waals surface area contributed by atoms with Crippen LogP contribution in [0.5, 0.6) is 0 Å². The molecule has 0 bridgehead atoms. The number of nitrogens with two attached hydrogens (primary N) is 1. The number of aliphatic hydroxyl groups excluding tert-OH is 1. The molecule has 0 aliphatic heterocycles. The summed E-state index contributed by atoms with van der Waals surface area (Å²) in [7, 11) is 0. The summed E-state index contributed by atoms with van der Waals surface area (Å²) in [6, 6.07) is 0. The van der Waals surface area contributed by atoms with Crippen LogP contribution < -0.4 is 11.1 Å². The van der Waals surface area contributed by atoms with Gasteiger partial charge in [-0.2, -0.15) is 0 Å². The zero-order valence-electron chi connectivity index (χ0n) is 8.96. The highest BCUT2D eigenvalue weighted by molar-refractivity contribution is 5.78. The smallest absolute Gasteiger partial charge is 0.222 e. The van der Waals surface area contributed by atoms with Crippen molar-refractivity contribution >= 4 is 5.91 Å². The Morgan fingerprint density at radius 3 is 2.71 bits per heavy atom. The van der Waals surface area contributed by atoms with E-state index in [0.29, 0.717) is 13.1 Å². The maximum Gasteiger partial charge on any atom is 0.222 e. The molecule has 0 aromatic rings. The van der Waals surface area contributed by atoms with E-state index in [1.165, 1.54) is 0 Å². The number of amides is 1. The Kier molecular flexibility index (Phi) is 8.57. The Balaban J connectivity index is 3.34. The number of nitrogens with one attached hydrogen (secondary N) is 1. The molecular formula is C10H22N2O2. The lowest BCUT2D eigenvalue weighted by molar-refractivity contribution is -0.124. The van der Waals surface area contributed by atoms with Crippen molar-refractivity contribution in [3.8, 4) is 0 Å². The first kappa shape index (κ1) is 13.4. The third-order valence-electron chi connectivity index (χ3n) is 2.18. The van der Waals surface area contributed by atoms with Crippen molar-refractivity contribution in [2.75, 3.05) is 19.7 Å². The Bertz CT molecular complexity index is 151. The molecule has 1 amide bonds. The molecule has 0 spiro atoms. The summed E-state index contributed by atoms with van der Waals surface area (Å²) < 4.78 is 0. The van der Waals surface area contributed by atoms with Gasteiger partial charge in [-0.15, -0.1) is 0 Å². The van der Waals surface area contributed by atoms with Gasteiger partial charge in [0.1, 0.15) is 0 Å². The highest BCUT2D eigenvalue weighted by atomic mass is 16.2. The summed E-state index contributed by atoms with van der Waals surface area (Å²) >= 11 is 0. The quantitative estimate of drug-likeness (QED) is 0.494. The van der Waals surface area contributed by atoms with Crippen LogP contribution in [0.4, 0.5) is 0 Å². The lowest BCUT2D eigenvalue weighted by atomic mass is 10.1. The van der Waals surface area contributed by atoms with E-state index >= 15 is 0 Å². The lowest BCUT2D eigenvalue weighted by Crippen LogP contribution is -2.31. The van der Waals surface area contributed by atoms with Crippen molar-refractivity contribution in [3.05, 3.63) is 0 Å². The molecule has 84 valence electrons. The highest BCUT2D eigenvalue weighted by Gasteiger charge is 2.10. The van der Waals surface area contributed by atoms with E-state index in [9.17, 15) is 4.79 Å². The summed E-state index contributed by atoms with van der Waals surface area (Å²) in [5, 5.41) is 11.4. The topological polar surface area (TPSA) is 75.4 Å². The largest absolute Gasteiger partial charge is 0.396 e. The molecule has 0 saturated heterocycles. The number of carbonyl (C=O) groups is 1. The molecule has 0 saturated carbocycles. The Hall–Kier alpha value is -0.610. The molecule has 0 radical (unpaired) electrons.